The molecule has 160 valence electrons. The summed E-state index contributed by atoms with van der Waals surface area (Å²) in [5, 5.41) is 19.2. The maximum Gasteiger partial charge on any atom is 0.169 e. The van der Waals surface area contributed by atoms with E-state index in [1.54, 1.807) is 31.6 Å². The van der Waals surface area contributed by atoms with Crippen molar-refractivity contribution in [3.05, 3.63) is 66.1 Å². The van der Waals surface area contributed by atoms with Crippen LogP contribution in [-0.2, 0) is 0 Å². The molecular weight excluding hydrogens is 436 g/mol. The second kappa shape index (κ2) is 7.35. The molecule has 0 unspecified atom stereocenters. The molecule has 0 radical (unpaired) electrons. The van der Waals surface area contributed by atoms with Gasteiger partial charge in [-0.15, -0.1) is 11.3 Å². The SMILES string of the molecule is CC(=O)c1ccc(-c2nccc3[nH]c(-c4n[nH]c5cnc(-c6cncc(O)c6)cc45)cc23)s1. The summed E-state index contributed by atoms with van der Waals surface area (Å²) in [7, 11) is 0. The molecule has 0 saturated carbocycles. The lowest BCUT2D eigenvalue weighted by Gasteiger charge is -2.01. The smallest absolute Gasteiger partial charge is 0.169 e. The highest BCUT2D eigenvalue weighted by Crippen LogP contribution is 2.36. The summed E-state index contributed by atoms with van der Waals surface area (Å²) in [6, 6.07) is 11.3. The second-order valence-corrected chi connectivity index (χ2v) is 8.73. The van der Waals surface area contributed by atoms with Crippen LogP contribution in [0.1, 0.15) is 16.6 Å². The summed E-state index contributed by atoms with van der Waals surface area (Å²) in [6.07, 6.45) is 6.51. The highest BCUT2D eigenvalue weighted by Gasteiger charge is 2.16. The number of ketones is 1. The first-order valence-corrected chi connectivity index (χ1v) is 11.0. The number of nitrogens with zero attached hydrogens (tertiary/aromatic N) is 4. The van der Waals surface area contributed by atoms with Gasteiger partial charge in [0.1, 0.15) is 11.4 Å². The van der Waals surface area contributed by atoms with Crippen molar-refractivity contribution in [2.45, 2.75) is 6.92 Å². The van der Waals surface area contributed by atoms with E-state index in [4.69, 9.17) is 0 Å². The van der Waals surface area contributed by atoms with Crippen LogP contribution < -0.4 is 0 Å². The van der Waals surface area contributed by atoms with Crippen molar-refractivity contribution in [3.63, 3.8) is 0 Å². The first kappa shape index (κ1) is 19.3. The molecule has 0 aromatic carbocycles. The number of H-pyrrole nitrogens is 2. The third-order valence-electron chi connectivity index (χ3n) is 5.46. The summed E-state index contributed by atoms with van der Waals surface area (Å²) in [5.41, 5.74) is 5.52. The van der Waals surface area contributed by atoms with Gasteiger partial charge in [-0.1, -0.05) is 0 Å². The van der Waals surface area contributed by atoms with Crippen LogP contribution in [0, 0.1) is 0 Å². The third-order valence-corrected chi connectivity index (χ3v) is 6.65. The summed E-state index contributed by atoms with van der Waals surface area (Å²) in [6.45, 7) is 1.57. The fourth-order valence-electron chi connectivity index (χ4n) is 3.88. The molecule has 0 spiro atoms. The maximum atomic E-state index is 11.7. The number of aromatic hydroxyl groups is 1. The topological polar surface area (TPSA) is 120 Å². The van der Waals surface area contributed by atoms with Crippen LogP contribution in [0.5, 0.6) is 5.75 Å². The van der Waals surface area contributed by atoms with E-state index in [1.807, 2.05) is 30.3 Å². The Hall–Kier alpha value is -4.37. The highest BCUT2D eigenvalue weighted by molar-refractivity contribution is 7.17. The van der Waals surface area contributed by atoms with Gasteiger partial charge in [0.25, 0.3) is 0 Å². The van der Waals surface area contributed by atoms with Gasteiger partial charge in [0.2, 0.25) is 0 Å². The van der Waals surface area contributed by atoms with Crippen LogP contribution in [0.3, 0.4) is 0 Å². The Morgan fingerprint density at radius 1 is 0.970 bits per heavy atom. The number of carbonyl (C=O) groups excluding carboxylic acids is 1. The first-order chi connectivity index (χ1) is 16.1. The molecule has 6 rings (SSSR count). The predicted octanol–water partition coefficient (Wildman–Crippen LogP) is 5.20. The van der Waals surface area contributed by atoms with Crippen molar-refractivity contribution in [3.8, 4) is 39.0 Å². The Morgan fingerprint density at radius 3 is 2.67 bits per heavy atom. The number of aromatic amines is 2. The molecule has 0 aliphatic carbocycles. The lowest BCUT2D eigenvalue weighted by Crippen LogP contribution is -1.85. The maximum absolute atomic E-state index is 11.7. The zero-order valence-corrected chi connectivity index (χ0v) is 18.1. The van der Waals surface area contributed by atoms with E-state index < -0.39 is 0 Å². The highest BCUT2D eigenvalue weighted by atomic mass is 32.1. The molecule has 9 heteroatoms. The van der Waals surface area contributed by atoms with Gasteiger partial charge in [-0.2, -0.15) is 5.10 Å². The summed E-state index contributed by atoms with van der Waals surface area (Å²) < 4.78 is 0. The van der Waals surface area contributed by atoms with Crippen molar-refractivity contribution < 1.29 is 9.90 Å². The van der Waals surface area contributed by atoms with Crippen LogP contribution in [0.25, 0.3) is 55.0 Å². The fraction of sp³-hybridized carbons (Fsp3) is 0.0417. The zero-order valence-electron chi connectivity index (χ0n) is 17.3. The van der Waals surface area contributed by atoms with Gasteiger partial charge in [0.15, 0.2) is 5.78 Å². The van der Waals surface area contributed by atoms with Crippen LogP contribution in [0.15, 0.2) is 61.2 Å². The average Bonchev–Trinajstić information content (AvgIpc) is 3.55. The summed E-state index contributed by atoms with van der Waals surface area (Å²) in [5.74, 6) is 0.126. The zero-order chi connectivity index (χ0) is 22.5. The van der Waals surface area contributed by atoms with Crippen LogP contribution in [0.4, 0.5) is 0 Å². The Balaban J connectivity index is 1.48. The van der Waals surface area contributed by atoms with Crippen LogP contribution in [0.2, 0.25) is 0 Å². The van der Waals surface area contributed by atoms with Crippen molar-refractivity contribution in [2.75, 3.05) is 0 Å². The van der Waals surface area contributed by atoms with E-state index in [9.17, 15) is 9.90 Å². The minimum atomic E-state index is 0.0440. The molecule has 0 atom stereocenters. The van der Waals surface area contributed by atoms with Gasteiger partial charge in [0, 0.05) is 34.2 Å². The van der Waals surface area contributed by atoms with Crippen molar-refractivity contribution >= 4 is 38.9 Å². The number of hydrogen-bond acceptors (Lipinski definition) is 7. The van der Waals surface area contributed by atoms with E-state index in [-0.39, 0.29) is 11.5 Å². The molecule has 6 aromatic rings. The van der Waals surface area contributed by atoms with E-state index in [1.165, 1.54) is 17.5 Å². The average molecular weight is 452 g/mol. The largest absolute Gasteiger partial charge is 0.506 e. The number of aromatic nitrogens is 6. The van der Waals surface area contributed by atoms with E-state index in [0.29, 0.717) is 16.1 Å². The van der Waals surface area contributed by atoms with Crippen LogP contribution >= 0.6 is 11.3 Å². The minimum Gasteiger partial charge on any atom is -0.506 e. The van der Waals surface area contributed by atoms with Crippen molar-refractivity contribution in [1.82, 2.24) is 30.1 Å². The molecule has 33 heavy (non-hydrogen) atoms. The Kier molecular flexibility index (Phi) is 4.30. The van der Waals surface area contributed by atoms with Gasteiger partial charge < -0.3 is 10.1 Å². The third kappa shape index (κ3) is 3.26. The van der Waals surface area contributed by atoms with Gasteiger partial charge in [-0.05, 0) is 43.3 Å². The van der Waals surface area contributed by atoms with E-state index >= 15 is 0 Å². The normalized spacial score (nSPS) is 11.4. The first-order valence-electron chi connectivity index (χ1n) is 10.1. The number of pyridine rings is 3. The molecule has 0 bridgehead atoms. The number of carbonyl (C=O) groups is 1. The minimum absolute atomic E-state index is 0.0440. The molecule has 3 N–H and O–H groups in total. The molecule has 0 aliphatic heterocycles. The van der Waals surface area contributed by atoms with Gasteiger partial charge in [0.05, 0.1) is 44.7 Å². The van der Waals surface area contributed by atoms with Gasteiger partial charge in [-0.3, -0.25) is 24.8 Å². The summed E-state index contributed by atoms with van der Waals surface area (Å²) in [4.78, 5) is 29.9. The van der Waals surface area contributed by atoms with Crippen molar-refractivity contribution in [2.24, 2.45) is 0 Å². The number of nitrogens with one attached hydrogen (secondary N) is 2. The predicted molar refractivity (Wildman–Crippen MR) is 127 cm³/mol. The molecule has 0 saturated heterocycles. The molecule has 0 aliphatic rings. The quantitative estimate of drug-likeness (QED) is 0.316. The second-order valence-electron chi connectivity index (χ2n) is 7.64. The molecule has 6 aromatic heterocycles. The number of Topliss-reactive ketones (excluding diaryl/α,β-unsaturated/α-hetero) is 1. The molecule has 6 heterocycles. The molecule has 8 nitrogen and oxygen atoms in total. The number of fused-ring (bicyclic) bond motifs is 2. The van der Waals surface area contributed by atoms with Gasteiger partial charge >= 0.3 is 0 Å². The van der Waals surface area contributed by atoms with Gasteiger partial charge in [-0.25, -0.2) is 0 Å². The standard InChI is InChI=1S/C24H16N6O2S/c1-12(31)21-2-3-22(33-21)24-15-8-19(28-17(15)4-5-26-24)23-16-7-18(27-11-20(16)29-30-23)13-6-14(32)10-25-9-13/h2-11,28,32H,1H3,(H,29,30). The van der Waals surface area contributed by atoms with E-state index in [2.05, 4.69) is 30.1 Å². The Bertz CT molecular complexity index is 1680. The van der Waals surface area contributed by atoms with E-state index in [0.717, 1.165) is 43.8 Å². The lowest BCUT2D eigenvalue weighted by atomic mass is 10.1. The van der Waals surface area contributed by atoms with Crippen molar-refractivity contribution in [1.29, 1.82) is 0 Å². The lowest BCUT2D eigenvalue weighted by molar-refractivity contribution is 0.102. The number of hydrogen-bond donors (Lipinski definition) is 3. The number of thiophene rings is 1. The molecule has 0 amide bonds. The Morgan fingerprint density at radius 2 is 1.85 bits per heavy atom. The fourth-order valence-corrected chi connectivity index (χ4v) is 4.79. The molecule has 0 fully saturated rings. The molecular formula is C24H16N6O2S. The van der Waals surface area contributed by atoms with Crippen LogP contribution in [-0.4, -0.2) is 41.0 Å². The number of rotatable bonds is 4. The monoisotopic (exact) mass is 452 g/mol. The Labute approximate surface area is 191 Å². The summed E-state index contributed by atoms with van der Waals surface area (Å²) >= 11 is 1.44.